The Morgan fingerprint density at radius 1 is 0.289 bits per heavy atom. The zero-order valence-electron chi connectivity index (χ0n) is 69.8. The first-order valence-electron chi connectivity index (χ1n) is 40.9. The number of aliphatic hydroxyl groups is 26. The third-order valence-corrected chi connectivity index (χ3v) is 22.9. The lowest BCUT2D eigenvalue weighted by Gasteiger charge is -2.51. The van der Waals surface area contributed by atoms with Gasteiger partial charge in [-0.1, -0.05) is 0 Å². The lowest BCUT2D eigenvalue weighted by Crippen LogP contribution is -2.71. The van der Waals surface area contributed by atoms with Gasteiger partial charge in [0.2, 0.25) is 35.4 Å². The Morgan fingerprint density at radius 2 is 0.609 bits per heavy atom. The molecule has 32 N–H and O–H groups in total. The first-order valence-corrected chi connectivity index (χ1v) is 40.9. The van der Waals surface area contributed by atoms with E-state index < -0.39 is 402 Å². The Hall–Kier alpha value is -4.94. The molecule has 9 aliphatic rings. The van der Waals surface area contributed by atoms with Gasteiger partial charge in [-0.15, -0.1) is 0 Å². The van der Waals surface area contributed by atoms with Crippen LogP contribution in [-0.4, -0.2) is 535 Å². The fourth-order valence-corrected chi connectivity index (χ4v) is 16.2. The molecule has 740 valence electrons. The van der Waals surface area contributed by atoms with E-state index in [0.717, 1.165) is 41.5 Å². The minimum atomic E-state index is -2.66. The minimum absolute atomic E-state index is 0.816. The molecule has 0 bridgehead atoms. The van der Waals surface area contributed by atoms with E-state index in [4.69, 9.17) is 85.3 Å². The molecule has 9 rings (SSSR count). The van der Waals surface area contributed by atoms with E-state index in [1.165, 1.54) is 6.92 Å². The molecular weight excluding hydrogens is 1750 g/mol. The number of rotatable bonds is 37. The minimum Gasteiger partial charge on any atom is -0.394 e. The fraction of sp³-hybridized carbons (Fsp3) is 0.917. The van der Waals surface area contributed by atoms with Crippen molar-refractivity contribution in [3.8, 4) is 0 Å². The first kappa shape index (κ1) is 107. The van der Waals surface area contributed by atoms with Crippen LogP contribution in [0.5, 0.6) is 0 Å². The van der Waals surface area contributed by atoms with Crippen LogP contribution < -0.4 is 31.9 Å². The average Bonchev–Trinajstić information content (AvgIpc) is 0.766. The molecule has 9 heterocycles. The Kier molecular flexibility index (Phi) is 39.6. The highest BCUT2D eigenvalue weighted by molar-refractivity contribution is 5.75. The summed E-state index contributed by atoms with van der Waals surface area (Å²) in [6.07, 6.45) is -90.5. The second-order valence-electron chi connectivity index (χ2n) is 32.2. The van der Waals surface area contributed by atoms with Crippen LogP contribution in [0.3, 0.4) is 0 Å². The molecule has 0 aromatic rings. The molecule has 0 radical (unpaired) electrons. The summed E-state index contributed by atoms with van der Waals surface area (Å²) in [5.41, 5.74) is 0. The summed E-state index contributed by atoms with van der Waals surface area (Å²) in [5.74, 6) is -5.50. The molecule has 9 saturated heterocycles. The third-order valence-electron chi connectivity index (χ3n) is 22.9. The molecule has 56 heteroatoms. The van der Waals surface area contributed by atoms with Crippen molar-refractivity contribution in [3.05, 3.63) is 0 Å². The van der Waals surface area contributed by atoms with Gasteiger partial charge in [0, 0.05) is 41.5 Å². The maximum absolute atomic E-state index is 13.3. The van der Waals surface area contributed by atoms with E-state index in [2.05, 4.69) is 31.9 Å². The molecular formula is C72H122N6O50. The lowest BCUT2D eigenvalue weighted by molar-refractivity contribution is -0.397. The zero-order valence-corrected chi connectivity index (χ0v) is 69.8. The van der Waals surface area contributed by atoms with Crippen LogP contribution in [0.2, 0.25) is 0 Å². The van der Waals surface area contributed by atoms with Crippen LogP contribution in [0.25, 0.3) is 0 Å². The predicted molar refractivity (Wildman–Crippen MR) is 400 cm³/mol. The number of carbonyl (C=O) groups is 6. The maximum atomic E-state index is 13.3. The summed E-state index contributed by atoms with van der Waals surface area (Å²) in [4.78, 5) is 76.7. The second-order valence-corrected chi connectivity index (χ2v) is 32.2. The molecule has 9 aliphatic heterocycles. The molecule has 0 saturated carbocycles. The number of carbonyl (C=O) groups excluding carboxylic acids is 6. The number of hydrogen-bond donors (Lipinski definition) is 32. The number of amides is 6. The van der Waals surface area contributed by atoms with Crippen molar-refractivity contribution in [1.82, 2.24) is 31.9 Å². The maximum Gasteiger partial charge on any atom is 0.217 e. The van der Waals surface area contributed by atoms with Gasteiger partial charge in [0.05, 0.1) is 78.2 Å². The van der Waals surface area contributed by atoms with Crippen LogP contribution in [0, 0.1) is 0 Å². The van der Waals surface area contributed by atoms with Gasteiger partial charge in [-0.05, 0) is 6.92 Å². The molecule has 128 heavy (non-hydrogen) atoms. The Labute approximate surface area is 727 Å². The summed E-state index contributed by atoms with van der Waals surface area (Å²) in [5, 5.41) is 307. The topological polar surface area (TPSA) is 867 Å². The number of nitrogens with one attached hydrogen (secondary N) is 6. The normalized spacial score (nSPS) is 45.2. The average molecular weight is 1870 g/mol. The van der Waals surface area contributed by atoms with Crippen LogP contribution >= 0.6 is 0 Å². The SMILES string of the molecule is CC(=O)N[C@H]1[C@H](O[C@@H]([C@H](O)[C@H](CO)NC(C)=O)[C@H](O)CO[C@H]2O[C@H](C)[C@H](O)[C@H](O)[C@H]2O)O[C@H](CO)[C@@H](O[C@@H]2O[C@H](CO[C@H]3O[C@H](CO)[C@@H](O)[C@H](O)[C@@H]3O[C@@H]3O[C@H](CO)[C@@H](O[C@@H]4O[C@H](CO)[C@H](O)[C@H](O)[C@H]4NC(C)=O)[C@H](O)[C@H]3NC(C)=O)[C@@H](O)[C@H](O[C@H]3O[C@H](CO)[C@@H](O)[C@H](O)[C@@H]3O[C@@H]3O[C@H](CO)[C@@H](O[C@@H]4O[C@H](CO)[C@H](O)[C@H](O)[C@H]4NC(C)=O)[C@H](O)[C@H]3NC(C)=O)[C@@H]2O)[C@@H]1O. The van der Waals surface area contributed by atoms with Gasteiger partial charge >= 0.3 is 0 Å². The molecule has 0 spiro atoms. The van der Waals surface area contributed by atoms with Crippen LogP contribution in [0.15, 0.2) is 0 Å². The Bertz CT molecular complexity index is 3500. The van der Waals surface area contributed by atoms with Crippen LogP contribution in [-0.2, 0) is 114 Å². The van der Waals surface area contributed by atoms with Crippen LogP contribution in [0.1, 0.15) is 48.5 Å². The standard InChI is InChI=1S/C72H122N6O50/c1-18-40(94)52(106)55(109)69(113-18)111-16-26(93)57(41(95)25(8-79)73-19(2)87)122-66-37(76-22(5)90)51(105)60(33(15-86)118-66)125-70-56(110)61(126-72-63(54(108)45(99)30(12-83)117-72)128-68-39(78-24(7)92)50(104)59(32(14-85)120-68)124-65-36(75-21(4)89)48(102)43(97)28(10-81)115-65)46(100)34(121-70)17-112-71-62(53(107)44(98)29(11-82)116-71)127-67-38(77-23(6)91)49(103)58(31(13-84)119-67)123-64-35(74-20(3)88)47(101)42(96)27(9-80)114-64/h18,25-72,79-86,93-110H,8-17H2,1-7H3,(H,73,87)(H,74,88)(H,75,89)(H,76,90)(H,77,91)(H,78,92)/t18-,25+,26-,27-,28-,29-,30-,31-,32-,33-,34-,35-,36-,37-,38-,39-,40+,41-,42+,43+,44-,45-,46-,47-,48-,49-,50-,51-,52+,53+,54+,55-,56+,57-,58-,59-,60-,61+,62+,63+,64+,65+,66+,67+,68+,69+,70+,71+,72-/m1/s1. The quantitative estimate of drug-likeness (QED) is 0.0275. The molecule has 9 fully saturated rings. The summed E-state index contributed by atoms with van der Waals surface area (Å²) >= 11 is 0. The van der Waals surface area contributed by atoms with Gasteiger partial charge in [-0.3, -0.25) is 28.8 Å². The fourth-order valence-electron chi connectivity index (χ4n) is 16.2. The number of aliphatic hydroxyl groups excluding tert-OH is 26. The number of hydrogen-bond acceptors (Lipinski definition) is 50. The lowest BCUT2D eigenvalue weighted by atomic mass is 9.94. The molecule has 49 atom stereocenters. The summed E-state index contributed by atoms with van der Waals surface area (Å²) < 4.78 is 108. The van der Waals surface area contributed by atoms with Gasteiger partial charge in [0.1, 0.15) is 232 Å². The smallest absolute Gasteiger partial charge is 0.217 e. The van der Waals surface area contributed by atoms with Crippen molar-refractivity contribution >= 4 is 35.4 Å². The first-order chi connectivity index (χ1) is 60.4. The molecule has 6 amide bonds. The third kappa shape index (κ3) is 24.8. The van der Waals surface area contributed by atoms with Crippen molar-refractivity contribution in [3.63, 3.8) is 0 Å². The Balaban J connectivity index is 1.08. The van der Waals surface area contributed by atoms with E-state index in [1.807, 2.05) is 0 Å². The highest BCUT2D eigenvalue weighted by Crippen LogP contribution is 2.40. The molecule has 0 unspecified atom stereocenters. The van der Waals surface area contributed by atoms with Gasteiger partial charge in [-0.25, -0.2) is 0 Å². The van der Waals surface area contributed by atoms with Crippen molar-refractivity contribution in [2.75, 3.05) is 66.1 Å². The zero-order chi connectivity index (χ0) is 94.8. The summed E-state index contributed by atoms with van der Waals surface area (Å²) in [6.45, 7) is -4.39. The summed E-state index contributed by atoms with van der Waals surface area (Å²) in [7, 11) is 0. The van der Waals surface area contributed by atoms with Crippen molar-refractivity contribution in [2.45, 2.75) is 349 Å². The molecule has 0 aromatic carbocycles. The Morgan fingerprint density at radius 3 is 0.992 bits per heavy atom. The van der Waals surface area contributed by atoms with Gasteiger partial charge in [-0.2, -0.15) is 0 Å². The van der Waals surface area contributed by atoms with Crippen molar-refractivity contribution in [1.29, 1.82) is 0 Å². The molecule has 0 aromatic heterocycles. The largest absolute Gasteiger partial charge is 0.394 e. The highest BCUT2D eigenvalue weighted by Gasteiger charge is 2.61. The van der Waals surface area contributed by atoms with E-state index in [0.29, 0.717) is 0 Å². The van der Waals surface area contributed by atoms with E-state index in [-0.39, 0.29) is 0 Å². The number of ether oxygens (including phenoxy) is 18. The van der Waals surface area contributed by atoms with Crippen molar-refractivity contribution < 1.29 is 247 Å². The van der Waals surface area contributed by atoms with Crippen LogP contribution in [0.4, 0.5) is 0 Å². The molecule has 56 nitrogen and oxygen atoms in total. The summed E-state index contributed by atoms with van der Waals surface area (Å²) in [6, 6.07) is -11.2. The van der Waals surface area contributed by atoms with Gasteiger partial charge in [0.25, 0.3) is 0 Å². The van der Waals surface area contributed by atoms with E-state index >= 15 is 0 Å². The second kappa shape index (κ2) is 47.5. The van der Waals surface area contributed by atoms with E-state index in [9.17, 15) is 162 Å². The highest BCUT2D eigenvalue weighted by atomic mass is 16.8. The van der Waals surface area contributed by atoms with Gasteiger partial charge < -0.3 is 250 Å². The van der Waals surface area contributed by atoms with E-state index in [1.54, 1.807) is 0 Å². The monoisotopic (exact) mass is 1870 g/mol. The van der Waals surface area contributed by atoms with Crippen molar-refractivity contribution in [2.24, 2.45) is 0 Å². The molecule has 0 aliphatic carbocycles. The van der Waals surface area contributed by atoms with Gasteiger partial charge in [0.15, 0.2) is 56.6 Å². The predicted octanol–water partition coefficient (Wildman–Crippen LogP) is -21.3.